The van der Waals surface area contributed by atoms with Crippen molar-refractivity contribution in [2.75, 3.05) is 26.0 Å². The minimum Gasteiger partial charge on any atom is -0.505 e. The van der Waals surface area contributed by atoms with E-state index >= 15 is 0 Å². The van der Waals surface area contributed by atoms with E-state index in [4.69, 9.17) is 14.9 Å². The Balaban J connectivity index is 2.81. The number of benzene rings is 1. The number of carbonyl (C=O) groups is 2. The molecule has 11 nitrogen and oxygen atoms in total. The highest BCUT2D eigenvalue weighted by Crippen LogP contribution is 2.40. The van der Waals surface area contributed by atoms with E-state index < -0.39 is 74.2 Å². The molecule has 41 heavy (non-hydrogen) atoms. The van der Waals surface area contributed by atoms with Crippen LogP contribution >= 0.6 is 0 Å². The normalized spacial score (nSPS) is 14.4. The number of hydrogen-bond donors (Lipinski definition) is 4. The van der Waals surface area contributed by atoms with E-state index in [1.54, 1.807) is 19.3 Å². The van der Waals surface area contributed by atoms with Crippen LogP contribution in [0.2, 0.25) is 0 Å². The predicted molar refractivity (Wildman–Crippen MR) is 147 cm³/mol. The molecule has 2 rings (SSSR count). The number of halogens is 3. The van der Waals surface area contributed by atoms with Gasteiger partial charge in [-0.2, -0.15) is 13.2 Å². The number of phenolic OH excluding ortho intramolecular Hbond substituents is 1. The van der Waals surface area contributed by atoms with Crippen LogP contribution in [0.1, 0.15) is 73.3 Å². The fourth-order valence-electron chi connectivity index (χ4n) is 3.63. The molecule has 0 saturated heterocycles. The van der Waals surface area contributed by atoms with Gasteiger partial charge in [-0.1, -0.05) is 20.8 Å². The molecule has 2 aromatic rings. The number of phenols is 1. The molecule has 0 radical (unpaired) electrons. The lowest BCUT2D eigenvalue weighted by atomic mass is 10.0. The number of hydrogen-bond acceptors (Lipinski definition) is 8. The third-order valence-corrected chi connectivity index (χ3v) is 6.52. The van der Waals surface area contributed by atoms with Gasteiger partial charge in [-0.25, -0.2) is 9.00 Å². The summed E-state index contributed by atoms with van der Waals surface area (Å²) in [5.74, 6) is -3.58. The van der Waals surface area contributed by atoms with Gasteiger partial charge in [0.1, 0.15) is 23.3 Å². The molecule has 226 valence electrons. The van der Waals surface area contributed by atoms with Gasteiger partial charge in [-0.05, 0) is 43.0 Å². The molecule has 0 aliphatic heterocycles. The maximum Gasteiger partial charge on any atom is 0.417 e. The van der Waals surface area contributed by atoms with Crippen molar-refractivity contribution in [3.8, 4) is 5.75 Å². The van der Waals surface area contributed by atoms with Gasteiger partial charge in [0, 0.05) is 14.1 Å². The topological polar surface area (TPSA) is 168 Å². The fraction of sp³-hybridized carbons (Fsp3) is 0.423. The molecule has 5 N–H and O–H groups in total. The quantitative estimate of drug-likeness (QED) is 0.0709. The average Bonchev–Trinajstić information content (AvgIpc) is 3.37. The second kappa shape index (κ2) is 13.7. The van der Waals surface area contributed by atoms with Gasteiger partial charge in [0.05, 0.1) is 29.7 Å². The number of amidine groups is 1. The van der Waals surface area contributed by atoms with Crippen LogP contribution < -0.4 is 11.1 Å². The Labute approximate surface area is 237 Å². The van der Waals surface area contributed by atoms with Crippen LogP contribution in [0.3, 0.4) is 0 Å². The van der Waals surface area contributed by atoms with Crippen molar-refractivity contribution in [2.45, 2.75) is 52.3 Å². The van der Waals surface area contributed by atoms with Gasteiger partial charge in [0.15, 0.2) is 21.7 Å². The lowest BCUT2D eigenvalue weighted by Crippen LogP contribution is -2.29. The summed E-state index contributed by atoms with van der Waals surface area (Å²) in [7, 11) is 2.38. The Morgan fingerprint density at radius 3 is 2.34 bits per heavy atom. The van der Waals surface area contributed by atoms with Gasteiger partial charge < -0.3 is 34.8 Å². The minimum absolute atomic E-state index is 0.136. The molecule has 0 aliphatic rings. The molecule has 2 atom stereocenters. The molecule has 0 bridgehead atoms. The number of nitrogens with two attached hydrogens (primary N) is 1. The maximum atomic E-state index is 13.7. The first kappa shape index (κ1) is 33.4. The first-order valence-electron chi connectivity index (χ1n) is 12.4. The smallest absolute Gasteiger partial charge is 0.417 e. The van der Waals surface area contributed by atoms with E-state index in [-0.39, 0.29) is 12.5 Å². The number of nitrogens with one attached hydrogen (secondary N) is 1. The third kappa shape index (κ3) is 7.88. The van der Waals surface area contributed by atoms with Crippen LogP contribution in [0.15, 0.2) is 44.5 Å². The van der Waals surface area contributed by atoms with Gasteiger partial charge in [0.2, 0.25) is 0 Å². The number of aliphatic imine (C=N–C) groups is 1. The van der Waals surface area contributed by atoms with E-state index in [2.05, 4.69) is 10.3 Å². The number of nitrogens with zero attached hydrogens (tertiary/aromatic N) is 2. The number of carbonyl (C=O) groups excluding carboxylic acids is 2. The average molecular weight is 603 g/mol. The summed E-state index contributed by atoms with van der Waals surface area (Å²) >= 11 is -3.05. The molecule has 2 unspecified atom stereocenters. The Morgan fingerprint density at radius 1 is 1.24 bits per heavy atom. The van der Waals surface area contributed by atoms with E-state index in [0.29, 0.717) is 18.2 Å². The molecule has 1 heterocycles. The van der Waals surface area contributed by atoms with Crippen molar-refractivity contribution >= 4 is 34.5 Å². The van der Waals surface area contributed by atoms with Crippen molar-refractivity contribution in [1.82, 2.24) is 4.90 Å². The van der Waals surface area contributed by atoms with E-state index in [1.165, 1.54) is 21.0 Å². The largest absolute Gasteiger partial charge is 0.505 e. The van der Waals surface area contributed by atoms with Gasteiger partial charge in [-0.15, -0.1) is 0 Å². The number of esters is 1. The zero-order chi connectivity index (χ0) is 31.2. The Kier molecular flexibility index (Phi) is 11.1. The van der Waals surface area contributed by atoms with Crippen LogP contribution in [0.25, 0.3) is 0 Å². The number of anilines is 1. The highest BCUT2D eigenvalue weighted by atomic mass is 32.2. The van der Waals surface area contributed by atoms with Crippen LogP contribution in [0.5, 0.6) is 5.75 Å². The molecule has 0 aliphatic carbocycles. The van der Waals surface area contributed by atoms with Crippen molar-refractivity contribution < 1.29 is 45.8 Å². The third-order valence-electron chi connectivity index (χ3n) is 5.80. The number of alkyl halides is 3. The van der Waals surface area contributed by atoms with Crippen molar-refractivity contribution in [3.05, 3.63) is 57.5 Å². The predicted octanol–water partition coefficient (Wildman–Crippen LogP) is 4.75. The van der Waals surface area contributed by atoms with E-state index in [9.17, 15) is 36.6 Å². The summed E-state index contributed by atoms with van der Waals surface area (Å²) in [6.45, 7) is 6.90. The summed E-state index contributed by atoms with van der Waals surface area (Å²) in [6, 6.07) is 2.33. The molecule has 15 heteroatoms. The van der Waals surface area contributed by atoms with E-state index in [0.717, 1.165) is 16.5 Å². The second-order valence-corrected chi connectivity index (χ2v) is 10.2. The van der Waals surface area contributed by atoms with Crippen LogP contribution in [-0.4, -0.2) is 57.2 Å². The van der Waals surface area contributed by atoms with Crippen LogP contribution in [-0.2, 0) is 26.8 Å². The van der Waals surface area contributed by atoms with Gasteiger partial charge in [-0.3, -0.25) is 9.79 Å². The number of ether oxygens (including phenoxy) is 1. The zero-order valence-corrected chi connectivity index (χ0v) is 24.1. The standard InChI is InChI=1S/C26H33F3N4O7S/c1-7-16(18-11-14(12-40-18)13(3)4)32-23(30)20(22(41(37)38)25(36)39-8-2)31-17-10-9-15(26(27,28)29)19(21(17)34)24(35)33(5)6/h9-13,16,31,34H,7-8H2,1-6H3,(H2,30,32)(H,37,38). The zero-order valence-electron chi connectivity index (χ0n) is 23.3. The lowest BCUT2D eigenvalue weighted by molar-refractivity contribution is -0.138. The van der Waals surface area contributed by atoms with Gasteiger partial charge in [0.25, 0.3) is 5.91 Å². The van der Waals surface area contributed by atoms with Gasteiger partial charge >= 0.3 is 12.1 Å². The summed E-state index contributed by atoms with van der Waals surface area (Å²) in [6.07, 6.45) is -3.13. The molecule has 0 spiro atoms. The highest BCUT2D eigenvalue weighted by Gasteiger charge is 2.38. The van der Waals surface area contributed by atoms with E-state index in [1.807, 2.05) is 13.8 Å². The van der Waals surface area contributed by atoms with Crippen molar-refractivity contribution in [2.24, 2.45) is 10.7 Å². The maximum absolute atomic E-state index is 13.7. The molecule has 0 saturated carbocycles. The number of amides is 1. The molecular formula is C26H33F3N4O7S. The summed E-state index contributed by atoms with van der Waals surface area (Å²) < 4.78 is 73.9. The first-order valence-corrected chi connectivity index (χ1v) is 13.5. The summed E-state index contributed by atoms with van der Waals surface area (Å²) in [5, 5.41) is 13.3. The summed E-state index contributed by atoms with van der Waals surface area (Å²) in [5.41, 5.74) is 3.41. The fourth-order valence-corrected chi connectivity index (χ4v) is 4.16. The van der Waals surface area contributed by atoms with Crippen LogP contribution in [0.4, 0.5) is 18.9 Å². The molecule has 1 amide bonds. The van der Waals surface area contributed by atoms with Crippen LogP contribution in [0, 0.1) is 0 Å². The Hall–Kier alpha value is -3.85. The minimum atomic E-state index is -5.01. The number of furan rings is 1. The second-order valence-electron chi connectivity index (χ2n) is 9.26. The monoisotopic (exact) mass is 602 g/mol. The molecule has 1 aromatic heterocycles. The molecular weight excluding hydrogens is 569 g/mol. The Bertz CT molecular complexity index is 1370. The first-order chi connectivity index (χ1) is 19.0. The molecule has 1 aromatic carbocycles. The lowest BCUT2D eigenvalue weighted by Gasteiger charge is -2.21. The SMILES string of the molecule is CCOC(=O)C(=C(Nc1ccc(C(F)(F)F)c(C(=O)N(C)C)c1O)C(N)=NC(CC)c1cc(C(C)C)co1)S(=O)O. The molecule has 0 fully saturated rings. The number of rotatable bonds is 11. The number of aromatic hydroxyl groups is 1. The van der Waals surface area contributed by atoms with Crippen molar-refractivity contribution in [3.63, 3.8) is 0 Å². The highest BCUT2D eigenvalue weighted by molar-refractivity contribution is 7.84. The summed E-state index contributed by atoms with van der Waals surface area (Å²) in [4.78, 5) is 29.6. The van der Waals surface area contributed by atoms with Crippen molar-refractivity contribution in [1.29, 1.82) is 0 Å². The Morgan fingerprint density at radius 2 is 1.88 bits per heavy atom.